The molecule has 2 N–H and O–H groups in total. The number of aliphatic imine (C=N–C) groups is 1. The molecule has 1 aliphatic heterocycles. The van der Waals surface area contributed by atoms with Crippen LogP contribution in [-0.4, -0.2) is 16.8 Å². The molecule has 0 aliphatic carbocycles. The van der Waals surface area contributed by atoms with Gasteiger partial charge in [-0.05, 0) is 6.92 Å². The quantitative estimate of drug-likeness (QED) is 0.373. The third-order valence-corrected chi connectivity index (χ3v) is 1.28. The fraction of sp³-hybridized carbons (Fsp3) is 0.167. The summed E-state index contributed by atoms with van der Waals surface area (Å²) in [6, 6.07) is 0. The summed E-state index contributed by atoms with van der Waals surface area (Å²) in [5.74, 6) is -0.530. The maximum absolute atomic E-state index is 10.9. The Labute approximate surface area is 63.4 Å². The number of nitriles is 1. The first-order valence-corrected chi connectivity index (χ1v) is 2.95. The van der Waals surface area contributed by atoms with Gasteiger partial charge >= 0.3 is 0 Å². The van der Waals surface area contributed by atoms with E-state index in [4.69, 9.17) is 11.0 Å². The lowest BCUT2D eigenvalue weighted by Crippen LogP contribution is -2.28. The van der Waals surface area contributed by atoms with Crippen molar-refractivity contribution in [1.29, 1.82) is 5.26 Å². The van der Waals surface area contributed by atoms with Gasteiger partial charge in [0, 0.05) is 0 Å². The standard InChI is InChI=1S/C6H6N4O/c1-2-4-5(11)9-6(8)10(4)3-7/h2H,1H3,(H2,8,9,11). The fourth-order valence-electron chi connectivity index (χ4n) is 0.788. The zero-order valence-corrected chi connectivity index (χ0v) is 5.90. The summed E-state index contributed by atoms with van der Waals surface area (Å²) >= 11 is 0. The Bertz CT molecular complexity index is 296. The van der Waals surface area contributed by atoms with Crippen LogP contribution >= 0.6 is 0 Å². The number of hydrogen-bond donors (Lipinski definition) is 1. The second-order valence-electron chi connectivity index (χ2n) is 1.88. The second kappa shape index (κ2) is 2.42. The molecule has 0 bridgehead atoms. The second-order valence-corrected chi connectivity index (χ2v) is 1.88. The number of hydrogen-bond acceptors (Lipinski definition) is 4. The lowest BCUT2D eigenvalue weighted by molar-refractivity contribution is -0.114. The smallest absolute Gasteiger partial charge is 0.297 e. The van der Waals surface area contributed by atoms with Crippen molar-refractivity contribution in [3.8, 4) is 6.19 Å². The van der Waals surface area contributed by atoms with Gasteiger partial charge in [0.25, 0.3) is 5.91 Å². The highest BCUT2D eigenvalue weighted by molar-refractivity contribution is 6.10. The molecule has 11 heavy (non-hydrogen) atoms. The van der Waals surface area contributed by atoms with Crippen molar-refractivity contribution in [3.63, 3.8) is 0 Å². The molecule has 0 atom stereocenters. The van der Waals surface area contributed by atoms with Gasteiger partial charge in [-0.1, -0.05) is 6.08 Å². The van der Waals surface area contributed by atoms with E-state index in [2.05, 4.69) is 4.99 Å². The van der Waals surface area contributed by atoms with Gasteiger partial charge < -0.3 is 5.73 Å². The van der Waals surface area contributed by atoms with Crippen molar-refractivity contribution in [3.05, 3.63) is 11.8 Å². The van der Waals surface area contributed by atoms with Crippen molar-refractivity contribution in [2.75, 3.05) is 0 Å². The molecule has 0 aromatic heterocycles. The van der Waals surface area contributed by atoms with E-state index in [1.807, 2.05) is 0 Å². The number of amides is 1. The van der Waals surface area contributed by atoms with Crippen molar-refractivity contribution < 1.29 is 4.79 Å². The molecular weight excluding hydrogens is 144 g/mol. The van der Waals surface area contributed by atoms with Crippen LogP contribution < -0.4 is 5.73 Å². The molecule has 0 radical (unpaired) electrons. The van der Waals surface area contributed by atoms with Crippen LogP contribution in [0.15, 0.2) is 16.8 Å². The summed E-state index contributed by atoms with van der Waals surface area (Å²) in [5.41, 5.74) is 5.45. The van der Waals surface area contributed by atoms with Crippen LogP contribution in [0.5, 0.6) is 0 Å². The summed E-state index contributed by atoms with van der Waals surface area (Å²) in [7, 11) is 0. The molecule has 1 amide bonds. The Hall–Kier alpha value is -1.83. The molecule has 0 aromatic carbocycles. The van der Waals surface area contributed by atoms with Crippen LogP contribution in [0.1, 0.15) is 6.92 Å². The van der Waals surface area contributed by atoms with Crippen LogP contribution in [0.2, 0.25) is 0 Å². The molecule has 0 aromatic rings. The van der Waals surface area contributed by atoms with Crippen LogP contribution in [-0.2, 0) is 4.79 Å². The minimum atomic E-state index is -0.466. The normalized spacial score (nSPS) is 20.4. The van der Waals surface area contributed by atoms with Gasteiger partial charge in [0.2, 0.25) is 5.96 Å². The third kappa shape index (κ3) is 0.942. The first-order chi connectivity index (χ1) is 5.20. The molecule has 5 heteroatoms. The Balaban J connectivity index is 3.07. The molecule has 1 rings (SSSR count). The molecule has 0 unspecified atom stereocenters. The van der Waals surface area contributed by atoms with Crippen LogP contribution in [0.25, 0.3) is 0 Å². The number of rotatable bonds is 0. The summed E-state index contributed by atoms with van der Waals surface area (Å²) in [6.07, 6.45) is 3.23. The average molecular weight is 150 g/mol. The Morgan fingerprint density at radius 2 is 2.45 bits per heavy atom. The molecule has 0 spiro atoms. The lowest BCUT2D eigenvalue weighted by Gasteiger charge is -2.04. The van der Waals surface area contributed by atoms with E-state index in [1.165, 1.54) is 6.08 Å². The Morgan fingerprint density at radius 1 is 1.82 bits per heavy atom. The van der Waals surface area contributed by atoms with Crippen LogP contribution in [0.4, 0.5) is 0 Å². The highest BCUT2D eigenvalue weighted by Gasteiger charge is 2.26. The van der Waals surface area contributed by atoms with Gasteiger partial charge in [-0.15, -0.1) is 0 Å². The zero-order chi connectivity index (χ0) is 8.43. The van der Waals surface area contributed by atoms with E-state index in [9.17, 15) is 4.79 Å². The number of carbonyl (C=O) groups is 1. The van der Waals surface area contributed by atoms with Crippen molar-refractivity contribution in [1.82, 2.24) is 4.90 Å². The summed E-state index contributed by atoms with van der Waals surface area (Å²) in [5, 5.41) is 8.48. The van der Waals surface area contributed by atoms with E-state index in [-0.39, 0.29) is 11.7 Å². The minimum absolute atomic E-state index is 0.0643. The maximum Gasteiger partial charge on any atom is 0.297 e. The number of guanidine groups is 1. The lowest BCUT2D eigenvalue weighted by atomic mass is 10.4. The Morgan fingerprint density at radius 3 is 2.82 bits per heavy atom. The summed E-state index contributed by atoms with van der Waals surface area (Å²) in [6.45, 7) is 1.64. The van der Waals surface area contributed by atoms with Crippen molar-refractivity contribution >= 4 is 11.9 Å². The molecule has 0 saturated heterocycles. The number of allylic oxidation sites excluding steroid dienone is 1. The summed E-state index contributed by atoms with van der Waals surface area (Å²) in [4.78, 5) is 15.2. The van der Waals surface area contributed by atoms with E-state index >= 15 is 0 Å². The van der Waals surface area contributed by atoms with Gasteiger partial charge in [0.15, 0.2) is 6.19 Å². The first-order valence-electron chi connectivity index (χ1n) is 2.95. The maximum atomic E-state index is 10.9. The van der Waals surface area contributed by atoms with Crippen molar-refractivity contribution in [2.45, 2.75) is 6.92 Å². The van der Waals surface area contributed by atoms with E-state index in [0.29, 0.717) is 0 Å². The van der Waals surface area contributed by atoms with Crippen LogP contribution in [0.3, 0.4) is 0 Å². The number of carbonyl (C=O) groups excluding carboxylic acids is 1. The van der Waals surface area contributed by atoms with Gasteiger partial charge in [-0.25, -0.2) is 4.90 Å². The summed E-state index contributed by atoms with van der Waals surface area (Å²) < 4.78 is 0. The molecular formula is C6H6N4O. The highest BCUT2D eigenvalue weighted by atomic mass is 16.2. The van der Waals surface area contributed by atoms with E-state index in [1.54, 1.807) is 13.1 Å². The average Bonchev–Trinajstić information content (AvgIpc) is 2.24. The first kappa shape index (κ1) is 7.28. The topological polar surface area (TPSA) is 82.5 Å². The molecule has 1 heterocycles. The minimum Gasteiger partial charge on any atom is -0.368 e. The highest BCUT2D eigenvalue weighted by Crippen LogP contribution is 2.11. The zero-order valence-electron chi connectivity index (χ0n) is 5.90. The van der Waals surface area contributed by atoms with Gasteiger partial charge in [0.1, 0.15) is 5.70 Å². The fourth-order valence-corrected chi connectivity index (χ4v) is 0.788. The number of nitrogens with two attached hydrogens (primary N) is 1. The van der Waals surface area contributed by atoms with Gasteiger partial charge in [-0.3, -0.25) is 4.79 Å². The third-order valence-electron chi connectivity index (χ3n) is 1.28. The predicted molar refractivity (Wildman–Crippen MR) is 37.8 cm³/mol. The monoisotopic (exact) mass is 150 g/mol. The van der Waals surface area contributed by atoms with E-state index < -0.39 is 5.91 Å². The molecule has 56 valence electrons. The largest absolute Gasteiger partial charge is 0.368 e. The van der Waals surface area contributed by atoms with Gasteiger partial charge in [-0.2, -0.15) is 10.3 Å². The molecule has 0 saturated carbocycles. The molecule has 0 fully saturated rings. The number of nitrogens with zero attached hydrogens (tertiary/aromatic N) is 3. The SMILES string of the molecule is CC=C1C(=O)N=C(N)N1C#N. The molecule has 1 aliphatic rings. The van der Waals surface area contributed by atoms with Crippen molar-refractivity contribution in [2.24, 2.45) is 10.7 Å². The van der Waals surface area contributed by atoms with E-state index in [0.717, 1.165) is 4.90 Å². The molecule has 5 nitrogen and oxygen atoms in total. The van der Waals surface area contributed by atoms with Crippen LogP contribution in [0, 0.1) is 11.5 Å². The Kier molecular flexibility index (Phi) is 1.60. The van der Waals surface area contributed by atoms with Gasteiger partial charge in [0.05, 0.1) is 0 Å². The predicted octanol–water partition coefficient (Wildman–Crippen LogP) is -0.472.